The Morgan fingerprint density at radius 2 is 2.00 bits per heavy atom. The van der Waals surface area contributed by atoms with Crippen molar-refractivity contribution < 1.29 is 4.74 Å². The highest BCUT2D eigenvalue weighted by molar-refractivity contribution is 4.89. The van der Waals surface area contributed by atoms with Crippen LogP contribution >= 0.6 is 0 Å². The standard InChI is InChI=1S/C15H32N2O/c1-5-11-16-14-9-7-8-10-15(14)17(6-2)13(3)12-18-4/h13-16H,5-12H2,1-4H3. The van der Waals surface area contributed by atoms with Crippen LogP contribution in [0.5, 0.6) is 0 Å². The van der Waals surface area contributed by atoms with Gasteiger partial charge < -0.3 is 10.1 Å². The Kier molecular flexibility index (Phi) is 7.87. The number of nitrogens with one attached hydrogen (secondary N) is 1. The summed E-state index contributed by atoms with van der Waals surface area (Å²) < 4.78 is 5.33. The molecule has 3 nitrogen and oxygen atoms in total. The number of ether oxygens (including phenoxy) is 1. The minimum Gasteiger partial charge on any atom is -0.383 e. The lowest BCUT2D eigenvalue weighted by atomic mass is 9.88. The van der Waals surface area contributed by atoms with Gasteiger partial charge in [-0.1, -0.05) is 26.7 Å². The van der Waals surface area contributed by atoms with Crippen LogP contribution in [0.2, 0.25) is 0 Å². The molecule has 3 unspecified atom stereocenters. The SMILES string of the molecule is CCCNC1CCCCC1N(CC)C(C)COC. The summed E-state index contributed by atoms with van der Waals surface area (Å²) in [5, 5.41) is 3.75. The molecule has 108 valence electrons. The lowest BCUT2D eigenvalue weighted by Crippen LogP contribution is -2.55. The van der Waals surface area contributed by atoms with Gasteiger partial charge in [-0.15, -0.1) is 0 Å². The van der Waals surface area contributed by atoms with Crippen molar-refractivity contribution in [1.82, 2.24) is 10.2 Å². The molecular weight excluding hydrogens is 224 g/mol. The minimum atomic E-state index is 0.522. The zero-order chi connectivity index (χ0) is 13.4. The molecule has 0 amide bonds. The van der Waals surface area contributed by atoms with Crippen LogP contribution in [0, 0.1) is 0 Å². The fourth-order valence-electron chi connectivity index (χ4n) is 3.29. The van der Waals surface area contributed by atoms with E-state index in [4.69, 9.17) is 4.74 Å². The smallest absolute Gasteiger partial charge is 0.0615 e. The molecule has 0 aliphatic heterocycles. The maximum absolute atomic E-state index is 5.33. The summed E-state index contributed by atoms with van der Waals surface area (Å²) in [5.74, 6) is 0. The van der Waals surface area contributed by atoms with Gasteiger partial charge in [0, 0.05) is 25.2 Å². The lowest BCUT2D eigenvalue weighted by molar-refractivity contribution is 0.0446. The summed E-state index contributed by atoms with van der Waals surface area (Å²) in [6.45, 7) is 9.92. The zero-order valence-electron chi connectivity index (χ0n) is 12.7. The Morgan fingerprint density at radius 1 is 1.28 bits per heavy atom. The molecule has 0 bridgehead atoms. The average Bonchev–Trinajstić information content (AvgIpc) is 2.39. The first-order chi connectivity index (χ1) is 8.74. The van der Waals surface area contributed by atoms with E-state index in [-0.39, 0.29) is 0 Å². The number of rotatable bonds is 8. The third-order valence-corrected chi connectivity index (χ3v) is 4.15. The van der Waals surface area contributed by atoms with Crippen molar-refractivity contribution in [3.8, 4) is 0 Å². The van der Waals surface area contributed by atoms with Crippen LogP contribution in [-0.4, -0.2) is 49.8 Å². The van der Waals surface area contributed by atoms with Gasteiger partial charge in [0.2, 0.25) is 0 Å². The molecule has 1 rings (SSSR count). The molecule has 0 radical (unpaired) electrons. The van der Waals surface area contributed by atoms with Gasteiger partial charge in [0.15, 0.2) is 0 Å². The second-order valence-corrected chi connectivity index (χ2v) is 5.55. The molecule has 1 aliphatic rings. The van der Waals surface area contributed by atoms with Crippen LogP contribution in [0.1, 0.15) is 52.9 Å². The number of hydrogen-bond acceptors (Lipinski definition) is 3. The largest absolute Gasteiger partial charge is 0.383 e. The van der Waals surface area contributed by atoms with Gasteiger partial charge >= 0.3 is 0 Å². The van der Waals surface area contributed by atoms with E-state index in [0.29, 0.717) is 18.1 Å². The highest BCUT2D eigenvalue weighted by Gasteiger charge is 2.31. The van der Waals surface area contributed by atoms with Gasteiger partial charge in [0.1, 0.15) is 0 Å². The normalized spacial score (nSPS) is 26.5. The summed E-state index contributed by atoms with van der Waals surface area (Å²) in [6, 6.07) is 1.90. The first-order valence-corrected chi connectivity index (χ1v) is 7.72. The van der Waals surface area contributed by atoms with Crippen LogP contribution in [0.25, 0.3) is 0 Å². The molecule has 0 spiro atoms. The van der Waals surface area contributed by atoms with Gasteiger partial charge in [-0.2, -0.15) is 0 Å². The molecule has 18 heavy (non-hydrogen) atoms. The Hall–Kier alpha value is -0.120. The minimum absolute atomic E-state index is 0.522. The molecule has 1 N–H and O–H groups in total. The summed E-state index contributed by atoms with van der Waals surface area (Å²) in [4.78, 5) is 2.63. The molecular formula is C15H32N2O. The van der Waals surface area contributed by atoms with Gasteiger partial charge in [-0.25, -0.2) is 0 Å². The topological polar surface area (TPSA) is 24.5 Å². The molecule has 3 atom stereocenters. The quantitative estimate of drug-likeness (QED) is 0.722. The Balaban J connectivity index is 2.60. The van der Waals surface area contributed by atoms with Crippen molar-refractivity contribution in [2.75, 3.05) is 26.8 Å². The first-order valence-electron chi connectivity index (χ1n) is 7.72. The molecule has 0 heterocycles. The average molecular weight is 256 g/mol. The molecule has 3 heteroatoms. The Bertz CT molecular complexity index is 211. The van der Waals surface area contributed by atoms with E-state index in [1.54, 1.807) is 7.11 Å². The van der Waals surface area contributed by atoms with Gasteiger partial charge in [0.25, 0.3) is 0 Å². The predicted octanol–water partition coefficient (Wildman–Crippen LogP) is 2.65. The maximum Gasteiger partial charge on any atom is 0.0615 e. The van der Waals surface area contributed by atoms with E-state index in [1.807, 2.05) is 0 Å². The van der Waals surface area contributed by atoms with Gasteiger partial charge in [-0.3, -0.25) is 4.90 Å². The van der Waals surface area contributed by atoms with Crippen LogP contribution in [0.4, 0.5) is 0 Å². The first kappa shape index (κ1) is 15.9. The van der Waals surface area contributed by atoms with Crippen molar-refractivity contribution in [2.45, 2.75) is 71.0 Å². The molecule has 1 fully saturated rings. The highest BCUT2D eigenvalue weighted by atomic mass is 16.5. The zero-order valence-corrected chi connectivity index (χ0v) is 12.7. The molecule has 0 aromatic heterocycles. The van der Waals surface area contributed by atoms with Crippen molar-refractivity contribution in [3.05, 3.63) is 0 Å². The number of likely N-dealkylation sites (N-methyl/N-ethyl adjacent to an activating group) is 1. The van der Waals surface area contributed by atoms with Gasteiger partial charge in [-0.05, 0) is 39.3 Å². The molecule has 0 saturated heterocycles. The summed E-state index contributed by atoms with van der Waals surface area (Å²) in [6.07, 6.45) is 6.66. The van der Waals surface area contributed by atoms with Crippen LogP contribution < -0.4 is 5.32 Å². The molecule has 1 saturated carbocycles. The third kappa shape index (κ3) is 4.52. The van der Waals surface area contributed by atoms with E-state index in [9.17, 15) is 0 Å². The second-order valence-electron chi connectivity index (χ2n) is 5.55. The van der Waals surface area contributed by atoms with Crippen molar-refractivity contribution in [1.29, 1.82) is 0 Å². The third-order valence-electron chi connectivity index (χ3n) is 4.15. The predicted molar refractivity (Wildman–Crippen MR) is 78.1 cm³/mol. The summed E-state index contributed by atoms with van der Waals surface area (Å²) >= 11 is 0. The fraction of sp³-hybridized carbons (Fsp3) is 1.00. The van der Waals surface area contributed by atoms with Crippen LogP contribution in [-0.2, 0) is 4.74 Å². The van der Waals surface area contributed by atoms with E-state index in [0.717, 1.165) is 19.7 Å². The van der Waals surface area contributed by atoms with Crippen LogP contribution in [0.3, 0.4) is 0 Å². The van der Waals surface area contributed by atoms with E-state index in [1.165, 1.54) is 32.1 Å². The Morgan fingerprint density at radius 3 is 2.61 bits per heavy atom. The molecule has 0 aromatic carbocycles. The van der Waals surface area contributed by atoms with Crippen molar-refractivity contribution >= 4 is 0 Å². The number of nitrogens with zero attached hydrogens (tertiary/aromatic N) is 1. The summed E-state index contributed by atoms with van der Waals surface area (Å²) in [7, 11) is 1.80. The van der Waals surface area contributed by atoms with Crippen molar-refractivity contribution in [3.63, 3.8) is 0 Å². The van der Waals surface area contributed by atoms with Crippen molar-refractivity contribution in [2.24, 2.45) is 0 Å². The molecule has 1 aliphatic carbocycles. The van der Waals surface area contributed by atoms with E-state index in [2.05, 4.69) is 31.0 Å². The van der Waals surface area contributed by atoms with E-state index >= 15 is 0 Å². The van der Waals surface area contributed by atoms with Gasteiger partial charge in [0.05, 0.1) is 6.61 Å². The monoisotopic (exact) mass is 256 g/mol. The fourth-order valence-corrected chi connectivity index (χ4v) is 3.29. The summed E-state index contributed by atoms with van der Waals surface area (Å²) in [5.41, 5.74) is 0. The number of methoxy groups -OCH3 is 1. The lowest BCUT2D eigenvalue weighted by Gasteiger charge is -2.43. The highest BCUT2D eigenvalue weighted by Crippen LogP contribution is 2.24. The Labute approximate surface area is 113 Å². The molecule has 0 aromatic rings. The second kappa shape index (κ2) is 8.89. The van der Waals surface area contributed by atoms with E-state index < -0.39 is 0 Å². The maximum atomic E-state index is 5.33. The number of hydrogen-bond donors (Lipinski definition) is 1. The van der Waals surface area contributed by atoms with Crippen LogP contribution in [0.15, 0.2) is 0 Å².